The van der Waals surface area contributed by atoms with Crippen molar-refractivity contribution in [1.29, 1.82) is 0 Å². The van der Waals surface area contributed by atoms with Gasteiger partial charge in [0.2, 0.25) is 10.0 Å². The van der Waals surface area contributed by atoms with E-state index in [4.69, 9.17) is 0 Å². The fourth-order valence-corrected chi connectivity index (χ4v) is 4.29. The molecule has 10 heteroatoms. The number of rotatable bonds is 6. The summed E-state index contributed by atoms with van der Waals surface area (Å²) in [4.78, 5) is 1.42. The van der Waals surface area contributed by atoms with Crippen LogP contribution in [-0.2, 0) is 17.1 Å². The van der Waals surface area contributed by atoms with Gasteiger partial charge in [0.15, 0.2) is 0 Å². The van der Waals surface area contributed by atoms with E-state index in [2.05, 4.69) is 5.10 Å². The Labute approximate surface area is 133 Å². The average molecular weight is 354 g/mol. The number of nitrogens with zero attached hydrogens (tertiary/aromatic N) is 4. The van der Waals surface area contributed by atoms with Gasteiger partial charge in [-0.05, 0) is 18.9 Å². The normalized spacial score (nSPS) is 20.5. The van der Waals surface area contributed by atoms with Crippen LogP contribution < -0.4 is 0 Å². The Hall–Kier alpha value is -1.13. The number of sulfonamides is 1. The summed E-state index contributed by atoms with van der Waals surface area (Å²) in [5.74, 6) is -0.0938. The van der Waals surface area contributed by atoms with Gasteiger partial charge in [0.25, 0.3) is 0 Å². The Balaban J connectivity index is 1.98. The zero-order chi connectivity index (χ0) is 17.3. The summed E-state index contributed by atoms with van der Waals surface area (Å²) in [6, 6.07) is 0. The van der Waals surface area contributed by atoms with E-state index < -0.39 is 22.7 Å². The van der Waals surface area contributed by atoms with Crippen LogP contribution in [0.4, 0.5) is 13.2 Å². The zero-order valence-corrected chi connectivity index (χ0v) is 13.9. The summed E-state index contributed by atoms with van der Waals surface area (Å²) < 4.78 is 65.1. The van der Waals surface area contributed by atoms with Gasteiger partial charge in [-0.2, -0.15) is 22.6 Å². The number of aromatic nitrogens is 2. The standard InChI is InChI=1S/C13H21F3N4O2S/c1-3-19(10-13(14,15)16)7-11-4-5-20(8-11)23(21,22)12-6-17-18(2)9-12/h6,9,11H,3-5,7-8,10H2,1-2H3. The van der Waals surface area contributed by atoms with E-state index in [1.165, 1.54) is 26.3 Å². The first-order valence-corrected chi connectivity index (χ1v) is 8.83. The highest BCUT2D eigenvalue weighted by molar-refractivity contribution is 7.89. The van der Waals surface area contributed by atoms with Crippen molar-refractivity contribution < 1.29 is 21.6 Å². The van der Waals surface area contributed by atoms with Crippen molar-refractivity contribution >= 4 is 10.0 Å². The third-order valence-corrected chi connectivity index (χ3v) is 5.75. The first-order chi connectivity index (χ1) is 10.6. The van der Waals surface area contributed by atoms with Gasteiger partial charge in [-0.1, -0.05) is 6.92 Å². The number of hydrogen-bond donors (Lipinski definition) is 0. The molecule has 1 aliphatic rings. The van der Waals surface area contributed by atoms with Gasteiger partial charge < -0.3 is 0 Å². The minimum atomic E-state index is -4.24. The number of hydrogen-bond acceptors (Lipinski definition) is 4. The molecule has 2 heterocycles. The third kappa shape index (κ3) is 4.67. The predicted octanol–water partition coefficient (Wildman–Crippen LogP) is 1.31. The minimum Gasteiger partial charge on any atom is -0.295 e. The van der Waals surface area contributed by atoms with Crippen molar-refractivity contribution in [2.24, 2.45) is 13.0 Å². The summed E-state index contributed by atoms with van der Waals surface area (Å²) in [6.07, 6.45) is -0.973. The molecule has 0 bridgehead atoms. The molecule has 1 aromatic rings. The molecule has 1 atom stereocenters. The van der Waals surface area contributed by atoms with E-state index in [-0.39, 0.29) is 30.4 Å². The zero-order valence-electron chi connectivity index (χ0n) is 13.1. The van der Waals surface area contributed by atoms with Gasteiger partial charge in [-0.25, -0.2) is 8.42 Å². The maximum Gasteiger partial charge on any atom is 0.401 e. The SMILES string of the molecule is CCN(CC1CCN(S(=O)(=O)c2cnn(C)c2)C1)CC(F)(F)F. The Morgan fingerprint density at radius 3 is 2.65 bits per heavy atom. The van der Waals surface area contributed by atoms with Gasteiger partial charge in [0.1, 0.15) is 4.90 Å². The first kappa shape index (κ1) is 18.2. The minimum absolute atomic E-state index is 0.0938. The number of aryl methyl sites for hydroxylation is 1. The molecule has 0 amide bonds. The van der Waals surface area contributed by atoms with Crippen LogP contribution in [0, 0.1) is 5.92 Å². The molecule has 6 nitrogen and oxygen atoms in total. The second kappa shape index (κ2) is 6.78. The van der Waals surface area contributed by atoms with Crippen LogP contribution in [0.1, 0.15) is 13.3 Å². The first-order valence-electron chi connectivity index (χ1n) is 7.39. The van der Waals surface area contributed by atoms with Crippen molar-refractivity contribution in [2.45, 2.75) is 24.4 Å². The van der Waals surface area contributed by atoms with Crippen LogP contribution in [0.15, 0.2) is 17.3 Å². The van der Waals surface area contributed by atoms with Gasteiger partial charge in [0, 0.05) is 32.9 Å². The summed E-state index contributed by atoms with van der Waals surface area (Å²) in [5, 5.41) is 3.85. The molecular formula is C13H21F3N4O2S. The van der Waals surface area contributed by atoms with E-state index >= 15 is 0 Å². The maximum atomic E-state index is 12.5. The van der Waals surface area contributed by atoms with Crippen LogP contribution in [0.2, 0.25) is 0 Å². The van der Waals surface area contributed by atoms with Crippen molar-refractivity contribution in [1.82, 2.24) is 19.0 Å². The molecule has 23 heavy (non-hydrogen) atoms. The Bertz CT molecular complexity index is 629. The molecule has 1 saturated heterocycles. The van der Waals surface area contributed by atoms with Gasteiger partial charge in [-0.3, -0.25) is 9.58 Å². The Morgan fingerprint density at radius 1 is 1.43 bits per heavy atom. The van der Waals surface area contributed by atoms with Crippen LogP contribution in [0.25, 0.3) is 0 Å². The molecule has 0 N–H and O–H groups in total. The summed E-state index contributed by atoms with van der Waals surface area (Å²) in [6.45, 7) is 1.80. The largest absolute Gasteiger partial charge is 0.401 e. The summed E-state index contributed by atoms with van der Waals surface area (Å²) in [7, 11) is -1.99. The van der Waals surface area contributed by atoms with Crippen LogP contribution in [0.5, 0.6) is 0 Å². The maximum absolute atomic E-state index is 12.5. The van der Waals surface area contributed by atoms with Crippen LogP contribution in [-0.4, -0.2) is 66.3 Å². The highest BCUT2D eigenvalue weighted by Gasteiger charge is 2.36. The highest BCUT2D eigenvalue weighted by Crippen LogP contribution is 2.25. The third-order valence-electron chi connectivity index (χ3n) is 3.93. The monoisotopic (exact) mass is 354 g/mol. The molecule has 1 aromatic heterocycles. The van der Waals surface area contributed by atoms with Gasteiger partial charge in [-0.15, -0.1) is 0 Å². The van der Waals surface area contributed by atoms with E-state index in [1.54, 1.807) is 14.0 Å². The summed E-state index contributed by atoms with van der Waals surface area (Å²) >= 11 is 0. The van der Waals surface area contributed by atoms with Crippen molar-refractivity contribution in [3.8, 4) is 0 Å². The molecule has 0 aliphatic carbocycles. The fourth-order valence-electron chi connectivity index (χ4n) is 2.77. The molecule has 0 spiro atoms. The Kier molecular flexibility index (Phi) is 5.37. The molecule has 1 aliphatic heterocycles. The second-order valence-electron chi connectivity index (χ2n) is 5.81. The van der Waals surface area contributed by atoms with E-state index in [1.807, 2.05) is 0 Å². The lowest BCUT2D eigenvalue weighted by atomic mass is 10.1. The summed E-state index contributed by atoms with van der Waals surface area (Å²) in [5.41, 5.74) is 0. The molecule has 1 fully saturated rings. The van der Waals surface area contributed by atoms with Crippen molar-refractivity contribution in [3.63, 3.8) is 0 Å². The van der Waals surface area contributed by atoms with Crippen molar-refractivity contribution in [3.05, 3.63) is 12.4 Å². The average Bonchev–Trinajstić information content (AvgIpc) is 3.06. The molecule has 0 aromatic carbocycles. The fraction of sp³-hybridized carbons (Fsp3) is 0.769. The molecular weight excluding hydrogens is 333 g/mol. The van der Waals surface area contributed by atoms with E-state index in [9.17, 15) is 21.6 Å². The smallest absolute Gasteiger partial charge is 0.295 e. The lowest BCUT2D eigenvalue weighted by Crippen LogP contribution is -2.38. The topological polar surface area (TPSA) is 58.4 Å². The number of halogens is 3. The molecule has 1 unspecified atom stereocenters. The molecule has 2 rings (SSSR count). The lowest BCUT2D eigenvalue weighted by Gasteiger charge is -2.25. The van der Waals surface area contributed by atoms with Crippen LogP contribution in [0.3, 0.4) is 0 Å². The highest BCUT2D eigenvalue weighted by atomic mass is 32.2. The lowest BCUT2D eigenvalue weighted by molar-refractivity contribution is -0.146. The van der Waals surface area contributed by atoms with Gasteiger partial charge >= 0.3 is 6.18 Å². The predicted molar refractivity (Wildman–Crippen MR) is 78.2 cm³/mol. The molecule has 0 radical (unpaired) electrons. The van der Waals surface area contributed by atoms with E-state index in [0.29, 0.717) is 13.0 Å². The van der Waals surface area contributed by atoms with E-state index in [0.717, 1.165) is 0 Å². The van der Waals surface area contributed by atoms with Crippen molar-refractivity contribution in [2.75, 3.05) is 32.7 Å². The van der Waals surface area contributed by atoms with Gasteiger partial charge in [0.05, 0.1) is 12.7 Å². The molecule has 132 valence electrons. The second-order valence-corrected chi connectivity index (χ2v) is 7.75. The van der Waals surface area contributed by atoms with Crippen LogP contribution >= 0.6 is 0 Å². The quantitative estimate of drug-likeness (QED) is 0.773. The molecule has 0 saturated carbocycles. The number of alkyl halides is 3. The Morgan fingerprint density at radius 2 is 2.13 bits per heavy atom.